The molecule has 26 heavy (non-hydrogen) atoms. The van der Waals surface area contributed by atoms with Crippen LogP contribution < -0.4 is 5.32 Å². The molecule has 1 aromatic carbocycles. The first-order valence-corrected chi connectivity index (χ1v) is 8.28. The van der Waals surface area contributed by atoms with E-state index in [0.29, 0.717) is 0 Å². The van der Waals surface area contributed by atoms with E-state index in [2.05, 4.69) is 25.3 Å². The first-order chi connectivity index (χ1) is 12.7. The molecule has 128 valence electrons. The smallest absolute Gasteiger partial charge is 0.230 e. The zero-order valence-electron chi connectivity index (χ0n) is 14.2. The van der Waals surface area contributed by atoms with Crippen molar-refractivity contribution in [1.29, 1.82) is 0 Å². The van der Waals surface area contributed by atoms with Gasteiger partial charge in [-0.15, -0.1) is 0 Å². The highest BCUT2D eigenvalue weighted by Gasteiger charge is 2.07. The number of benzene rings is 1. The maximum Gasteiger partial charge on any atom is 0.230 e. The molecule has 1 amide bonds. The van der Waals surface area contributed by atoms with Crippen molar-refractivity contribution in [1.82, 2.24) is 19.9 Å². The topological polar surface area (TPSA) is 83.6 Å². The van der Waals surface area contributed by atoms with Gasteiger partial charge in [0.05, 0.1) is 6.42 Å². The fraction of sp³-hybridized carbons (Fsp3) is 0.100. The van der Waals surface area contributed by atoms with Gasteiger partial charge in [0, 0.05) is 34.9 Å². The summed E-state index contributed by atoms with van der Waals surface area (Å²) >= 11 is 0. The Kier molecular flexibility index (Phi) is 4.15. The summed E-state index contributed by atoms with van der Waals surface area (Å²) in [6, 6.07) is 13.5. The molecule has 6 nitrogen and oxygen atoms in total. The largest absolute Gasteiger partial charge is 0.339 e. The molecule has 6 heteroatoms. The predicted octanol–water partition coefficient (Wildman–Crippen LogP) is 3.51. The molecule has 4 rings (SSSR count). The first-order valence-electron chi connectivity index (χ1n) is 8.28. The number of hydrogen-bond donors (Lipinski definition) is 2. The van der Waals surface area contributed by atoms with E-state index in [1.165, 1.54) is 6.33 Å². The minimum atomic E-state index is -0.0880. The normalized spacial score (nSPS) is 10.8. The summed E-state index contributed by atoms with van der Waals surface area (Å²) in [4.78, 5) is 27.9. The summed E-state index contributed by atoms with van der Waals surface area (Å²) in [5.41, 5.74) is 5.36. The van der Waals surface area contributed by atoms with Crippen LogP contribution in [-0.2, 0) is 11.2 Å². The average Bonchev–Trinajstić information content (AvgIpc) is 3.08. The van der Waals surface area contributed by atoms with Gasteiger partial charge in [0.2, 0.25) is 5.91 Å². The number of H-pyrrole nitrogens is 1. The lowest BCUT2D eigenvalue weighted by atomic mass is 10.1. The number of anilines is 1. The van der Waals surface area contributed by atoms with Gasteiger partial charge in [-0.25, -0.2) is 9.97 Å². The van der Waals surface area contributed by atoms with E-state index in [-0.39, 0.29) is 12.3 Å². The minimum absolute atomic E-state index is 0.0880. The van der Waals surface area contributed by atoms with E-state index >= 15 is 0 Å². The summed E-state index contributed by atoms with van der Waals surface area (Å²) in [5.74, 6) is -0.0880. The van der Waals surface area contributed by atoms with E-state index in [9.17, 15) is 4.79 Å². The molecule has 4 aromatic rings. The van der Waals surface area contributed by atoms with Crippen molar-refractivity contribution in [3.05, 3.63) is 72.4 Å². The fourth-order valence-electron chi connectivity index (χ4n) is 2.73. The monoisotopic (exact) mass is 343 g/mol. The molecular weight excluding hydrogens is 326 g/mol. The predicted molar refractivity (Wildman–Crippen MR) is 101 cm³/mol. The third kappa shape index (κ3) is 3.44. The van der Waals surface area contributed by atoms with E-state index in [4.69, 9.17) is 0 Å². The summed E-state index contributed by atoms with van der Waals surface area (Å²) in [6.07, 6.45) is 5.31. The maximum absolute atomic E-state index is 12.2. The van der Waals surface area contributed by atoms with E-state index in [1.54, 1.807) is 12.4 Å². The lowest BCUT2D eigenvalue weighted by Crippen LogP contribution is -2.15. The highest BCUT2D eigenvalue weighted by molar-refractivity contribution is 5.92. The van der Waals surface area contributed by atoms with Gasteiger partial charge in [0.1, 0.15) is 12.0 Å². The third-order valence-corrected chi connectivity index (χ3v) is 4.09. The van der Waals surface area contributed by atoms with Crippen molar-refractivity contribution in [2.75, 3.05) is 5.32 Å². The van der Waals surface area contributed by atoms with Gasteiger partial charge < -0.3 is 10.3 Å². The standard InChI is InChI=1S/C20H17N5O/c1-13-2-5-17(22-10-13)9-19(26)24-16-6-3-14(4-7-16)18-8-15-11-21-12-23-20(15)25-18/h2-8,10-12H,9H2,1H3,(H,24,26)(H,21,23,25). The molecule has 0 fully saturated rings. The SMILES string of the molecule is Cc1ccc(CC(=O)Nc2ccc(-c3cc4cncnc4[nH]3)cc2)nc1. The number of aryl methyl sites for hydroxylation is 1. The maximum atomic E-state index is 12.2. The van der Waals surface area contributed by atoms with Crippen LogP contribution in [0.1, 0.15) is 11.3 Å². The molecule has 0 saturated heterocycles. The minimum Gasteiger partial charge on any atom is -0.339 e. The van der Waals surface area contributed by atoms with Gasteiger partial charge in [-0.2, -0.15) is 0 Å². The van der Waals surface area contributed by atoms with Crippen LogP contribution in [0.2, 0.25) is 0 Å². The average molecular weight is 343 g/mol. The number of rotatable bonds is 4. The molecule has 0 aliphatic carbocycles. The van der Waals surface area contributed by atoms with Crippen LogP contribution in [0.15, 0.2) is 61.2 Å². The number of aromatic nitrogens is 4. The number of carbonyl (C=O) groups excluding carboxylic acids is 1. The molecule has 0 saturated carbocycles. The van der Waals surface area contributed by atoms with Gasteiger partial charge in [-0.05, 0) is 42.3 Å². The second-order valence-corrected chi connectivity index (χ2v) is 6.14. The number of nitrogens with one attached hydrogen (secondary N) is 2. The zero-order chi connectivity index (χ0) is 17.9. The van der Waals surface area contributed by atoms with Crippen LogP contribution in [0, 0.1) is 6.92 Å². The Morgan fingerprint density at radius 2 is 1.92 bits per heavy atom. The third-order valence-electron chi connectivity index (χ3n) is 4.09. The van der Waals surface area contributed by atoms with Gasteiger partial charge in [0.25, 0.3) is 0 Å². The molecule has 0 spiro atoms. The van der Waals surface area contributed by atoms with E-state index in [0.717, 1.165) is 39.2 Å². The molecule has 3 heterocycles. The number of hydrogen-bond acceptors (Lipinski definition) is 4. The molecule has 0 unspecified atom stereocenters. The van der Waals surface area contributed by atoms with Crippen molar-refractivity contribution < 1.29 is 4.79 Å². The van der Waals surface area contributed by atoms with Crippen molar-refractivity contribution >= 4 is 22.6 Å². The quantitative estimate of drug-likeness (QED) is 0.594. The number of fused-ring (bicyclic) bond motifs is 1. The van der Waals surface area contributed by atoms with Gasteiger partial charge in [0.15, 0.2) is 0 Å². The van der Waals surface area contributed by atoms with Gasteiger partial charge in [-0.3, -0.25) is 9.78 Å². The Hall–Kier alpha value is -3.54. The van der Waals surface area contributed by atoms with Crippen LogP contribution >= 0.6 is 0 Å². The summed E-state index contributed by atoms with van der Waals surface area (Å²) in [7, 11) is 0. The molecule has 0 aliphatic rings. The highest BCUT2D eigenvalue weighted by atomic mass is 16.1. The molecule has 0 bridgehead atoms. The van der Waals surface area contributed by atoms with Crippen LogP contribution in [0.4, 0.5) is 5.69 Å². The lowest BCUT2D eigenvalue weighted by molar-refractivity contribution is -0.115. The van der Waals surface area contributed by atoms with Gasteiger partial charge >= 0.3 is 0 Å². The Morgan fingerprint density at radius 1 is 1.08 bits per heavy atom. The Morgan fingerprint density at radius 3 is 2.65 bits per heavy atom. The van der Waals surface area contributed by atoms with E-state index in [1.807, 2.05) is 49.4 Å². The first kappa shape index (κ1) is 16.0. The molecule has 0 aliphatic heterocycles. The Labute approximate surface area is 150 Å². The summed E-state index contributed by atoms with van der Waals surface area (Å²) < 4.78 is 0. The van der Waals surface area contributed by atoms with Gasteiger partial charge in [-0.1, -0.05) is 18.2 Å². The highest BCUT2D eigenvalue weighted by Crippen LogP contribution is 2.24. The molecule has 0 radical (unpaired) electrons. The Balaban J connectivity index is 1.45. The fourth-order valence-corrected chi connectivity index (χ4v) is 2.73. The number of nitrogens with zero attached hydrogens (tertiary/aromatic N) is 3. The second-order valence-electron chi connectivity index (χ2n) is 6.14. The number of pyridine rings is 1. The van der Waals surface area contributed by atoms with Crippen LogP contribution in [0.5, 0.6) is 0 Å². The van der Waals surface area contributed by atoms with Crippen LogP contribution in [0.25, 0.3) is 22.3 Å². The number of aromatic amines is 1. The van der Waals surface area contributed by atoms with Crippen LogP contribution in [0.3, 0.4) is 0 Å². The zero-order valence-corrected chi connectivity index (χ0v) is 14.2. The van der Waals surface area contributed by atoms with Crippen molar-refractivity contribution in [2.45, 2.75) is 13.3 Å². The molecule has 3 aromatic heterocycles. The summed E-state index contributed by atoms with van der Waals surface area (Å²) in [5, 5.41) is 3.86. The van der Waals surface area contributed by atoms with Crippen molar-refractivity contribution in [3.63, 3.8) is 0 Å². The van der Waals surface area contributed by atoms with Crippen LogP contribution in [-0.4, -0.2) is 25.8 Å². The summed E-state index contributed by atoms with van der Waals surface area (Å²) in [6.45, 7) is 1.97. The Bertz CT molecular complexity index is 1020. The number of amides is 1. The van der Waals surface area contributed by atoms with E-state index < -0.39 is 0 Å². The number of carbonyl (C=O) groups is 1. The van der Waals surface area contributed by atoms with Crippen molar-refractivity contribution in [2.24, 2.45) is 0 Å². The molecular formula is C20H17N5O. The molecule has 0 atom stereocenters. The molecule has 2 N–H and O–H groups in total. The lowest BCUT2D eigenvalue weighted by Gasteiger charge is -2.06. The van der Waals surface area contributed by atoms with Crippen molar-refractivity contribution in [3.8, 4) is 11.3 Å². The second kappa shape index (κ2) is 6.76.